The van der Waals surface area contributed by atoms with Crippen LogP contribution in [0, 0.1) is 0 Å². The minimum Gasteiger partial charge on any atom is -0.478 e. The topological polar surface area (TPSA) is 55.8 Å². The molecule has 0 aliphatic heterocycles. The first-order chi connectivity index (χ1) is 18.6. The average Bonchev–Trinajstić information content (AvgIpc) is 2.94. The molecule has 3 aliphatic rings. The third-order valence-electron chi connectivity index (χ3n) is 8.27. The molecule has 4 nitrogen and oxygen atoms in total. The van der Waals surface area contributed by atoms with Crippen LogP contribution in [0.5, 0.6) is 5.75 Å². The van der Waals surface area contributed by atoms with Gasteiger partial charge in [-0.3, -0.25) is 0 Å². The molecule has 0 saturated carbocycles. The van der Waals surface area contributed by atoms with E-state index < -0.39 is 5.97 Å². The van der Waals surface area contributed by atoms with E-state index in [2.05, 4.69) is 88.4 Å². The number of rotatable bonds is 4. The van der Waals surface area contributed by atoms with E-state index in [4.69, 9.17) is 9.47 Å². The second-order valence-electron chi connectivity index (χ2n) is 11.8. The van der Waals surface area contributed by atoms with Gasteiger partial charge in [-0.15, -0.1) is 0 Å². The summed E-state index contributed by atoms with van der Waals surface area (Å²) >= 11 is 0. The fraction of sp³-hybridized carbons (Fsp3) is 0.343. The summed E-state index contributed by atoms with van der Waals surface area (Å²) in [5, 5.41) is 12.2. The molecular weight excluding hydrogens is 484 g/mol. The molecular formula is C35H38O4. The SMILES string of the molecule is C1=CC2=C(CC1)CCc1c2ccc2ccccc12.COCOc1cc2c(cc1C(=O)O)C(C)(C)C=CC2(C)C. The van der Waals surface area contributed by atoms with Crippen LogP contribution in [-0.2, 0) is 22.0 Å². The Hall–Kier alpha value is -3.63. The van der Waals surface area contributed by atoms with Gasteiger partial charge in [0.25, 0.3) is 0 Å². The van der Waals surface area contributed by atoms with Gasteiger partial charge in [0.2, 0.25) is 0 Å². The second-order valence-corrected chi connectivity index (χ2v) is 11.8. The maximum atomic E-state index is 11.5. The first kappa shape index (κ1) is 27.0. The molecule has 0 fully saturated rings. The molecule has 3 aromatic carbocycles. The number of carboxylic acid groups (broad SMARTS) is 1. The molecule has 0 atom stereocenters. The quantitative estimate of drug-likeness (QED) is 0.276. The van der Waals surface area contributed by atoms with Gasteiger partial charge in [-0.2, -0.15) is 0 Å². The zero-order valence-electron chi connectivity index (χ0n) is 23.6. The maximum Gasteiger partial charge on any atom is 0.339 e. The fourth-order valence-corrected chi connectivity index (χ4v) is 6.04. The van der Waals surface area contributed by atoms with E-state index in [1.54, 1.807) is 17.2 Å². The van der Waals surface area contributed by atoms with Crippen molar-refractivity contribution in [2.75, 3.05) is 13.9 Å². The number of benzene rings is 3. The number of aryl methyl sites for hydroxylation is 1. The molecule has 0 unspecified atom stereocenters. The van der Waals surface area contributed by atoms with Crippen LogP contribution in [0.3, 0.4) is 0 Å². The number of ether oxygens (including phenoxy) is 2. The third-order valence-corrected chi connectivity index (χ3v) is 8.27. The summed E-state index contributed by atoms with van der Waals surface area (Å²) in [6.07, 6.45) is 13.9. The van der Waals surface area contributed by atoms with Crippen LogP contribution in [0.4, 0.5) is 0 Å². The molecule has 3 aliphatic carbocycles. The van der Waals surface area contributed by atoms with E-state index >= 15 is 0 Å². The molecule has 4 heteroatoms. The minimum absolute atomic E-state index is 0.0265. The van der Waals surface area contributed by atoms with E-state index in [0.717, 1.165) is 11.1 Å². The van der Waals surface area contributed by atoms with Gasteiger partial charge in [-0.1, -0.05) is 94.0 Å². The smallest absolute Gasteiger partial charge is 0.339 e. The van der Waals surface area contributed by atoms with Crippen LogP contribution < -0.4 is 4.74 Å². The lowest BCUT2D eigenvalue weighted by atomic mass is 9.67. The molecule has 0 spiro atoms. The lowest BCUT2D eigenvalue weighted by molar-refractivity contribution is 0.0482. The summed E-state index contributed by atoms with van der Waals surface area (Å²) in [6.45, 7) is 8.41. The summed E-state index contributed by atoms with van der Waals surface area (Å²) in [5.74, 6) is -0.644. The predicted octanol–water partition coefficient (Wildman–Crippen LogP) is 8.38. The second kappa shape index (κ2) is 10.5. The highest BCUT2D eigenvalue weighted by Crippen LogP contribution is 2.44. The third kappa shape index (κ3) is 5.18. The van der Waals surface area contributed by atoms with Crippen LogP contribution in [0.1, 0.15) is 79.6 Å². The largest absolute Gasteiger partial charge is 0.478 e. The Bertz CT molecular complexity index is 1520. The van der Waals surface area contributed by atoms with Gasteiger partial charge < -0.3 is 14.6 Å². The molecule has 0 radical (unpaired) electrons. The van der Waals surface area contributed by atoms with E-state index in [1.165, 1.54) is 54.7 Å². The zero-order chi connectivity index (χ0) is 27.8. The van der Waals surface area contributed by atoms with Crippen molar-refractivity contribution < 1.29 is 19.4 Å². The van der Waals surface area contributed by atoms with Gasteiger partial charge in [-0.25, -0.2) is 4.79 Å². The monoisotopic (exact) mass is 522 g/mol. The molecule has 3 aromatic rings. The Morgan fingerprint density at radius 1 is 0.923 bits per heavy atom. The summed E-state index contributed by atoms with van der Waals surface area (Å²) in [5.41, 5.74) is 8.13. The molecule has 0 amide bonds. The van der Waals surface area contributed by atoms with Gasteiger partial charge in [0.15, 0.2) is 6.79 Å². The number of carboxylic acids is 1. The molecule has 0 heterocycles. The van der Waals surface area contributed by atoms with E-state index in [0.29, 0.717) is 5.75 Å². The fourth-order valence-electron chi connectivity index (χ4n) is 6.04. The van der Waals surface area contributed by atoms with E-state index in [9.17, 15) is 9.90 Å². The Balaban J connectivity index is 0.000000159. The van der Waals surface area contributed by atoms with E-state index in [1.807, 2.05) is 6.07 Å². The van der Waals surface area contributed by atoms with Crippen molar-refractivity contribution in [1.82, 2.24) is 0 Å². The van der Waals surface area contributed by atoms with Gasteiger partial charge >= 0.3 is 5.97 Å². The van der Waals surface area contributed by atoms with Crippen LogP contribution in [0.15, 0.2) is 78.4 Å². The summed E-state index contributed by atoms with van der Waals surface area (Å²) in [7, 11) is 1.51. The Kier molecular flexibility index (Phi) is 7.26. The number of hydrogen-bond acceptors (Lipinski definition) is 3. The summed E-state index contributed by atoms with van der Waals surface area (Å²) < 4.78 is 10.3. The molecule has 202 valence electrons. The van der Waals surface area contributed by atoms with Gasteiger partial charge in [0.1, 0.15) is 11.3 Å². The molecule has 0 saturated heterocycles. The first-order valence-corrected chi connectivity index (χ1v) is 13.8. The maximum absolute atomic E-state index is 11.5. The average molecular weight is 523 g/mol. The van der Waals surface area contributed by atoms with Gasteiger partial charge in [-0.05, 0) is 76.4 Å². The van der Waals surface area contributed by atoms with Crippen LogP contribution in [0.2, 0.25) is 0 Å². The summed E-state index contributed by atoms with van der Waals surface area (Å²) in [4.78, 5) is 11.5. The Labute approximate surface area is 231 Å². The molecule has 6 rings (SSSR count). The van der Waals surface area contributed by atoms with Crippen molar-refractivity contribution in [3.8, 4) is 5.75 Å². The van der Waals surface area contributed by atoms with Gasteiger partial charge in [0.05, 0.1) is 0 Å². The van der Waals surface area contributed by atoms with Crippen molar-refractivity contribution in [1.29, 1.82) is 0 Å². The number of methoxy groups -OCH3 is 1. The van der Waals surface area contributed by atoms with Crippen molar-refractivity contribution in [3.05, 3.63) is 106 Å². The normalized spacial score (nSPS) is 18.0. The van der Waals surface area contributed by atoms with Crippen molar-refractivity contribution in [2.24, 2.45) is 0 Å². The number of carbonyl (C=O) groups is 1. The zero-order valence-corrected chi connectivity index (χ0v) is 23.6. The standard InChI is InChI=1S/C18H16.C17H22O4/c1-3-7-15-13(5-1)9-11-18-16-8-4-2-6-14(16)10-12-17(15)18;1-16(2)6-7-17(3,4)13-9-14(21-10-20-5)11(15(18)19)8-12(13)16/h1,3-5,7-9,11H,2,6,10,12H2;6-9H,10H2,1-5H3,(H,18,19). The van der Waals surface area contributed by atoms with Crippen molar-refractivity contribution >= 4 is 22.3 Å². The highest BCUT2D eigenvalue weighted by atomic mass is 16.7. The molecule has 0 aromatic heterocycles. The number of allylic oxidation sites excluding steroid dienone is 6. The van der Waals surface area contributed by atoms with Crippen LogP contribution in [-0.4, -0.2) is 25.0 Å². The minimum atomic E-state index is -0.993. The lowest BCUT2D eigenvalue weighted by Crippen LogP contribution is -2.29. The highest BCUT2D eigenvalue weighted by molar-refractivity contribution is 5.94. The molecule has 1 N–H and O–H groups in total. The van der Waals surface area contributed by atoms with Crippen molar-refractivity contribution in [2.45, 2.75) is 64.2 Å². The van der Waals surface area contributed by atoms with Crippen molar-refractivity contribution in [3.63, 3.8) is 0 Å². The molecule has 0 bridgehead atoms. The predicted molar refractivity (Wildman–Crippen MR) is 159 cm³/mol. The highest BCUT2D eigenvalue weighted by Gasteiger charge is 2.34. The Morgan fingerprint density at radius 2 is 1.64 bits per heavy atom. The molecule has 39 heavy (non-hydrogen) atoms. The number of hydrogen-bond donors (Lipinski definition) is 1. The van der Waals surface area contributed by atoms with Crippen LogP contribution >= 0.6 is 0 Å². The first-order valence-electron chi connectivity index (χ1n) is 13.8. The Morgan fingerprint density at radius 3 is 2.36 bits per heavy atom. The number of aromatic carboxylic acids is 1. The van der Waals surface area contributed by atoms with E-state index in [-0.39, 0.29) is 23.2 Å². The number of fused-ring (bicyclic) bond motifs is 5. The van der Waals surface area contributed by atoms with Gasteiger partial charge in [0, 0.05) is 17.9 Å². The lowest BCUT2D eigenvalue weighted by Gasteiger charge is -2.37. The summed E-state index contributed by atoms with van der Waals surface area (Å²) in [6, 6.07) is 16.9. The van der Waals surface area contributed by atoms with Crippen LogP contribution in [0.25, 0.3) is 16.3 Å².